The molecule has 2 rings (SSSR count). The van der Waals surface area contributed by atoms with Crippen molar-refractivity contribution in [1.29, 1.82) is 0 Å². The van der Waals surface area contributed by atoms with Crippen molar-refractivity contribution in [1.82, 2.24) is 10.2 Å². The first-order valence-electron chi connectivity index (χ1n) is 11.8. The summed E-state index contributed by atoms with van der Waals surface area (Å²) in [4.78, 5) is 27.9. The van der Waals surface area contributed by atoms with Gasteiger partial charge in [-0.25, -0.2) is 8.42 Å². The van der Waals surface area contributed by atoms with Gasteiger partial charge in [0.15, 0.2) is 0 Å². The van der Waals surface area contributed by atoms with Gasteiger partial charge in [0.2, 0.25) is 21.8 Å². The van der Waals surface area contributed by atoms with E-state index < -0.39 is 28.5 Å². The first kappa shape index (κ1) is 28.2. The molecular weight excluding hydrogens is 466 g/mol. The highest BCUT2D eigenvalue weighted by Gasteiger charge is 2.30. The predicted octanol–water partition coefficient (Wildman–Crippen LogP) is 3.49. The van der Waals surface area contributed by atoms with Crippen molar-refractivity contribution in [3.05, 3.63) is 59.7 Å². The van der Waals surface area contributed by atoms with Crippen molar-refractivity contribution < 1.29 is 22.7 Å². The van der Waals surface area contributed by atoms with Crippen molar-refractivity contribution in [2.75, 3.05) is 23.7 Å². The van der Waals surface area contributed by atoms with Crippen molar-refractivity contribution in [3.8, 4) is 5.75 Å². The second kappa shape index (κ2) is 12.6. The molecule has 0 radical (unpaired) electrons. The number of hydrogen-bond acceptors (Lipinski definition) is 5. The molecule has 2 aromatic carbocycles. The van der Waals surface area contributed by atoms with Crippen LogP contribution in [0.15, 0.2) is 48.5 Å². The summed E-state index contributed by atoms with van der Waals surface area (Å²) in [6.07, 6.45) is 1.81. The lowest BCUT2D eigenvalue weighted by molar-refractivity contribution is -0.139. The topological polar surface area (TPSA) is 96.0 Å². The number of aryl methyl sites for hydroxylation is 1. The molecule has 0 spiro atoms. The van der Waals surface area contributed by atoms with Gasteiger partial charge in [0.1, 0.15) is 18.3 Å². The van der Waals surface area contributed by atoms with E-state index in [1.807, 2.05) is 52.0 Å². The molecule has 0 saturated heterocycles. The molecule has 2 aromatic rings. The SMILES string of the molecule is CCOc1ccc(N(CC(=O)N(Cc2ccccc2C)[C@@H](C)C(=O)N[C@H](C)CC)S(C)(=O)=O)cc1. The highest BCUT2D eigenvalue weighted by molar-refractivity contribution is 7.92. The van der Waals surface area contributed by atoms with Gasteiger partial charge in [-0.05, 0) is 69.5 Å². The van der Waals surface area contributed by atoms with Gasteiger partial charge >= 0.3 is 0 Å². The molecule has 0 aliphatic heterocycles. The van der Waals surface area contributed by atoms with Crippen molar-refractivity contribution >= 4 is 27.5 Å². The molecule has 2 amide bonds. The zero-order valence-corrected chi connectivity index (χ0v) is 22.3. The molecule has 0 aliphatic carbocycles. The molecule has 0 bridgehead atoms. The van der Waals surface area contributed by atoms with Crippen molar-refractivity contribution in [2.45, 2.75) is 59.7 Å². The highest BCUT2D eigenvalue weighted by Crippen LogP contribution is 2.23. The zero-order chi connectivity index (χ0) is 26.2. The van der Waals surface area contributed by atoms with Crippen LogP contribution in [0.2, 0.25) is 0 Å². The number of nitrogens with zero attached hydrogens (tertiary/aromatic N) is 2. The van der Waals surface area contributed by atoms with Gasteiger partial charge in [0.05, 0.1) is 18.6 Å². The van der Waals surface area contributed by atoms with Crippen LogP contribution in [0.3, 0.4) is 0 Å². The van der Waals surface area contributed by atoms with Crippen LogP contribution in [-0.2, 0) is 26.2 Å². The second-order valence-electron chi connectivity index (χ2n) is 8.64. The standard InChI is InChI=1S/C26H37N3O5S/c1-7-20(4)27-26(31)21(5)28(17-22-12-10-9-11-19(22)3)25(30)18-29(35(6,32)33)23-13-15-24(16-14-23)34-8-2/h9-16,20-21H,7-8,17-18H2,1-6H3,(H,27,31)/t20-,21+/m1/s1. The Kier molecular flexibility index (Phi) is 10.1. The minimum Gasteiger partial charge on any atom is -0.494 e. The largest absolute Gasteiger partial charge is 0.494 e. The number of benzene rings is 2. The van der Waals surface area contributed by atoms with E-state index in [2.05, 4.69) is 5.32 Å². The van der Waals surface area contributed by atoms with Crippen LogP contribution in [0.1, 0.15) is 45.2 Å². The fourth-order valence-corrected chi connectivity index (χ4v) is 4.36. The minimum atomic E-state index is -3.78. The summed E-state index contributed by atoms with van der Waals surface area (Å²) in [7, 11) is -3.78. The highest BCUT2D eigenvalue weighted by atomic mass is 32.2. The molecule has 0 aliphatic rings. The Balaban J connectivity index is 2.38. The molecule has 192 valence electrons. The van der Waals surface area contributed by atoms with E-state index in [-0.39, 0.29) is 18.5 Å². The van der Waals surface area contributed by atoms with Gasteiger partial charge in [0.25, 0.3) is 0 Å². The predicted molar refractivity (Wildman–Crippen MR) is 139 cm³/mol. The van der Waals surface area contributed by atoms with E-state index in [0.29, 0.717) is 18.0 Å². The Labute approximate surface area is 209 Å². The van der Waals surface area contributed by atoms with E-state index in [4.69, 9.17) is 4.74 Å². The van der Waals surface area contributed by atoms with Crippen LogP contribution in [0, 0.1) is 6.92 Å². The molecule has 9 heteroatoms. The third-order valence-corrected chi connectivity index (χ3v) is 7.03. The Morgan fingerprint density at radius 2 is 1.66 bits per heavy atom. The smallest absolute Gasteiger partial charge is 0.244 e. The number of anilines is 1. The first-order valence-corrected chi connectivity index (χ1v) is 13.7. The molecule has 0 fully saturated rings. The van der Waals surface area contributed by atoms with Gasteiger partial charge < -0.3 is 15.0 Å². The van der Waals surface area contributed by atoms with Crippen LogP contribution in [-0.4, -0.2) is 56.6 Å². The number of amides is 2. The summed E-state index contributed by atoms with van der Waals surface area (Å²) in [5.74, 6) is -0.153. The van der Waals surface area contributed by atoms with E-state index >= 15 is 0 Å². The normalized spacial score (nSPS) is 13.0. The van der Waals surface area contributed by atoms with E-state index in [1.54, 1.807) is 31.2 Å². The maximum absolute atomic E-state index is 13.6. The van der Waals surface area contributed by atoms with E-state index in [0.717, 1.165) is 28.1 Å². The lowest BCUT2D eigenvalue weighted by Gasteiger charge is -2.32. The van der Waals surface area contributed by atoms with E-state index in [1.165, 1.54) is 4.90 Å². The Bertz CT molecular complexity index is 1100. The molecule has 35 heavy (non-hydrogen) atoms. The Morgan fingerprint density at radius 1 is 1.03 bits per heavy atom. The number of rotatable bonds is 12. The van der Waals surface area contributed by atoms with Gasteiger partial charge in [-0.3, -0.25) is 13.9 Å². The molecular formula is C26H37N3O5S. The third kappa shape index (κ3) is 7.99. The molecule has 1 N–H and O–H groups in total. The van der Waals surface area contributed by atoms with Gasteiger partial charge in [-0.2, -0.15) is 0 Å². The van der Waals surface area contributed by atoms with Gasteiger partial charge in [-0.15, -0.1) is 0 Å². The number of ether oxygens (including phenoxy) is 1. The van der Waals surface area contributed by atoms with Gasteiger partial charge in [-0.1, -0.05) is 31.2 Å². The fraction of sp³-hybridized carbons (Fsp3) is 0.462. The summed E-state index contributed by atoms with van der Waals surface area (Å²) in [6, 6.07) is 13.3. The van der Waals surface area contributed by atoms with Gasteiger partial charge in [0, 0.05) is 12.6 Å². The van der Waals surface area contributed by atoms with Crippen LogP contribution in [0.4, 0.5) is 5.69 Å². The molecule has 0 saturated carbocycles. The molecule has 0 aromatic heterocycles. The molecule has 8 nitrogen and oxygen atoms in total. The minimum absolute atomic E-state index is 0.0447. The number of sulfonamides is 1. The monoisotopic (exact) mass is 503 g/mol. The summed E-state index contributed by atoms with van der Waals surface area (Å²) >= 11 is 0. The first-order chi connectivity index (χ1) is 16.5. The van der Waals surface area contributed by atoms with Crippen molar-refractivity contribution in [3.63, 3.8) is 0 Å². The Hall–Kier alpha value is -3.07. The Morgan fingerprint density at radius 3 is 2.20 bits per heavy atom. The van der Waals surface area contributed by atoms with E-state index in [9.17, 15) is 18.0 Å². The number of carbonyl (C=O) groups is 2. The number of carbonyl (C=O) groups excluding carboxylic acids is 2. The zero-order valence-electron chi connectivity index (χ0n) is 21.4. The van der Waals surface area contributed by atoms with Crippen LogP contribution in [0.25, 0.3) is 0 Å². The lowest BCUT2D eigenvalue weighted by atomic mass is 10.1. The summed E-state index contributed by atoms with van der Waals surface area (Å²) in [5, 5.41) is 2.92. The average Bonchev–Trinajstić information content (AvgIpc) is 2.81. The van der Waals surface area contributed by atoms with Crippen LogP contribution in [0.5, 0.6) is 5.75 Å². The number of nitrogens with one attached hydrogen (secondary N) is 1. The number of hydrogen-bond donors (Lipinski definition) is 1. The summed E-state index contributed by atoms with van der Waals surface area (Å²) < 4.78 is 31.8. The maximum Gasteiger partial charge on any atom is 0.244 e. The van der Waals surface area contributed by atoms with Crippen molar-refractivity contribution in [2.24, 2.45) is 0 Å². The summed E-state index contributed by atoms with van der Waals surface area (Å²) in [5.41, 5.74) is 2.21. The average molecular weight is 504 g/mol. The van der Waals surface area contributed by atoms with Crippen LogP contribution >= 0.6 is 0 Å². The second-order valence-corrected chi connectivity index (χ2v) is 10.5. The fourth-order valence-electron chi connectivity index (χ4n) is 3.51. The lowest BCUT2D eigenvalue weighted by Crippen LogP contribution is -2.52. The third-order valence-electron chi connectivity index (χ3n) is 5.89. The molecule has 2 atom stereocenters. The summed E-state index contributed by atoms with van der Waals surface area (Å²) in [6.45, 7) is 9.55. The molecule has 0 heterocycles. The maximum atomic E-state index is 13.6. The van der Waals surface area contributed by atoms with Crippen LogP contribution < -0.4 is 14.4 Å². The quantitative estimate of drug-likeness (QED) is 0.478. The molecule has 0 unspecified atom stereocenters.